The molecule has 0 spiro atoms. The topological polar surface area (TPSA) is 166 Å². The Morgan fingerprint density at radius 3 is 2.45 bits per heavy atom. The molecule has 0 aliphatic carbocycles. The molecule has 1 aliphatic heterocycles. The van der Waals surface area contributed by atoms with E-state index in [1.54, 1.807) is 0 Å². The molecule has 0 amide bonds. The van der Waals surface area contributed by atoms with E-state index in [1.165, 1.54) is 6.08 Å². The standard InChI is InChI=1S/C10H17NO9S2/c1-2-3-6(11-20-22(16,17)18)21-10-9(15)8(14)7(13)5(4-12)19-10/h2,5,7-10,12-15H,1,3-4H2,(H,16,17,18)/b11-6+/t5-,7+,8+,9+,10-/m0/s1. The van der Waals surface area contributed by atoms with E-state index < -0.39 is 46.9 Å². The van der Waals surface area contributed by atoms with Crippen molar-refractivity contribution in [3.63, 3.8) is 0 Å². The molecule has 1 heterocycles. The summed E-state index contributed by atoms with van der Waals surface area (Å²) < 4.78 is 38.5. The predicted octanol–water partition coefficient (Wildman–Crippen LogP) is -1.77. The number of allylic oxidation sites excluding steroid dienone is 1. The quantitative estimate of drug-likeness (QED) is 0.120. The van der Waals surface area contributed by atoms with Gasteiger partial charge in [0.1, 0.15) is 34.9 Å². The summed E-state index contributed by atoms with van der Waals surface area (Å²) in [5.74, 6) is 0. The zero-order valence-electron chi connectivity index (χ0n) is 11.2. The molecule has 1 rings (SSSR count). The van der Waals surface area contributed by atoms with Gasteiger partial charge in [0.05, 0.1) is 6.61 Å². The average molecular weight is 359 g/mol. The lowest BCUT2D eigenvalue weighted by Gasteiger charge is -2.39. The fraction of sp³-hybridized carbons (Fsp3) is 0.700. The molecular weight excluding hydrogens is 342 g/mol. The van der Waals surface area contributed by atoms with Gasteiger partial charge in [-0.25, -0.2) is 4.28 Å². The minimum atomic E-state index is -4.79. The molecule has 0 radical (unpaired) electrons. The van der Waals surface area contributed by atoms with Crippen LogP contribution in [0.1, 0.15) is 6.42 Å². The summed E-state index contributed by atoms with van der Waals surface area (Å²) >= 11 is 0.688. The van der Waals surface area contributed by atoms with Gasteiger partial charge < -0.3 is 25.2 Å². The van der Waals surface area contributed by atoms with Gasteiger partial charge in [0.2, 0.25) is 0 Å². The highest BCUT2D eigenvalue weighted by Gasteiger charge is 2.44. The first-order valence-electron chi connectivity index (χ1n) is 6.00. The van der Waals surface area contributed by atoms with Crippen molar-refractivity contribution in [2.75, 3.05) is 6.61 Å². The zero-order chi connectivity index (χ0) is 16.9. The van der Waals surface area contributed by atoms with Crippen LogP contribution in [0.5, 0.6) is 0 Å². The molecule has 0 aromatic carbocycles. The number of thioether (sulfide) groups is 1. The Kier molecular flexibility index (Phi) is 7.21. The van der Waals surface area contributed by atoms with Crippen molar-refractivity contribution < 1.29 is 42.4 Å². The number of hydrogen-bond donors (Lipinski definition) is 5. The van der Waals surface area contributed by atoms with Crippen molar-refractivity contribution >= 4 is 27.2 Å². The smallest absolute Gasteiger partial charge is 0.394 e. The van der Waals surface area contributed by atoms with E-state index in [0.717, 1.165) is 0 Å². The molecule has 10 nitrogen and oxygen atoms in total. The summed E-state index contributed by atoms with van der Waals surface area (Å²) in [5, 5.41) is 41.3. The fourth-order valence-electron chi connectivity index (χ4n) is 1.62. The van der Waals surface area contributed by atoms with Crippen LogP contribution in [0.3, 0.4) is 0 Å². The zero-order valence-corrected chi connectivity index (χ0v) is 12.9. The van der Waals surface area contributed by atoms with Crippen molar-refractivity contribution in [1.29, 1.82) is 0 Å². The number of nitrogens with zero attached hydrogens (tertiary/aromatic N) is 1. The summed E-state index contributed by atoms with van der Waals surface area (Å²) in [6, 6.07) is 0. The first-order valence-corrected chi connectivity index (χ1v) is 8.25. The Bertz CT molecular complexity index is 507. The van der Waals surface area contributed by atoms with Gasteiger partial charge in [-0.05, 0) is 0 Å². The van der Waals surface area contributed by atoms with Gasteiger partial charge in [-0.3, -0.25) is 4.55 Å². The molecule has 0 aromatic rings. The minimum absolute atomic E-state index is 0.0230. The van der Waals surface area contributed by atoms with E-state index in [4.69, 9.17) is 14.4 Å². The molecule has 1 saturated heterocycles. The number of aliphatic hydroxyl groups excluding tert-OH is 4. The Balaban J connectivity index is 2.85. The summed E-state index contributed by atoms with van der Waals surface area (Å²) in [7, 11) is -4.79. The number of ether oxygens (including phenoxy) is 1. The first-order chi connectivity index (χ1) is 10.2. The van der Waals surface area contributed by atoms with Gasteiger partial charge in [0, 0.05) is 6.42 Å². The molecule has 12 heteroatoms. The summed E-state index contributed by atoms with van der Waals surface area (Å²) in [4.78, 5) is 0. The number of rotatable bonds is 6. The van der Waals surface area contributed by atoms with E-state index in [2.05, 4.69) is 16.0 Å². The number of hydrogen-bond acceptors (Lipinski definition) is 10. The van der Waals surface area contributed by atoms with Crippen molar-refractivity contribution in [2.45, 2.75) is 36.3 Å². The van der Waals surface area contributed by atoms with Crippen LogP contribution in [0.4, 0.5) is 0 Å². The number of oxime groups is 1. The van der Waals surface area contributed by atoms with Crippen LogP contribution in [0, 0.1) is 0 Å². The monoisotopic (exact) mass is 359 g/mol. The minimum Gasteiger partial charge on any atom is -0.394 e. The maximum Gasteiger partial charge on any atom is 0.466 e. The highest BCUT2D eigenvalue weighted by Crippen LogP contribution is 2.30. The normalized spacial score (nSPS) is 33.5. The van der Waals surface area contributed by atoms with Crippen LogP contribution >= 0.6 is 11.8 Å². The Hall–Kier alpha value is -0.730. The lowest BCUT2D eigenvalue weighted by Crippen LogP contribution is -2.57. The van der Waals surface area contributed by atoms with E-state index in [1.807, 2.05) is 0 Å². The Morgan fingerprint density at radius 1 is 1.32 bits per heavy atom. The third kappa shape index (κ3) is 5.48. The van der Waals surface area contributed by atoms with Crippen LogP contribution in [-0.4, -0.2) is 74.9 Å². The van der Waals surface area contributed by atoms with E-state index in [0.29, 0.717) is 11.8 Å². The van der Waals surface area contributed by atoms with Crippen LogP contribution in [0.15, 0.2) is 17.8 Å². The molecule has 0 aromatic heterocycles. The largest absolute Gasteiger partial charge is 0.466 e. The van der Waals surface area contributed by atoms with E-state index >= 15 is 0 Å². The van der Waals surface area contributed by atoms with E-state index in [-0.39, 0.29) is 11.5 Å². The molecule has 128 valence electrons. The third-order valence-corrected chi connectivity index (χ3v) is 4.05. The van der Waals surface area contributed by atoms with Crippen LogP contribution < -0.4 is 0 Å². The van der Waals surface area contributed by atoms with Crippen molar-refractivity contribution in [3.8, 4) is 0 Å². The SMILES string of the molecule is C=CC/C(=N\OS(=O)(=O)O)S[C@@H]1O[C@@H](CO)[C@@H](O)[C@@H](O)[C@H]1O. The van der Waals surface area contributed by atoms with Gasteiger partial charge in [-0.2, -0.15) is 8.42 Å². The van der Waals surface area contributed by atoms with E-state index in [9.17, 15) is 23.7 Å². The van der Waals surface area contributed by atoms with Gasteiger partial charge in [0.15, 0.2) is 0 Å². The second-order valence-electron chi connectivity index (χ2n) is 4.30. The molecule has 1 aliphatic rings. The van der Waals surface area contributed by atoms with Gasteiger partial charge in [-0.1, -0.05) is 23.0 Å². The highest BCUT2D eigenvalue weighted by molar-refractivity contribution is 8.14. The molecule has 1 fully saturated rings. The molecule has 0 bridgehead atoms. The second kappa shape index (κ2) is 8.21. The fourth-order valence-corrected chi connectivity index (χ4v) is 2.91. The summed E-state index contributed by atoms with van der Waals surface area (Å²) in [5.41, 5.74) is -1.15. The number of aliphatic hydroxyl groups is 4. The summed E-state index contributed by atoms with van der Waals surface area (Å²) in [6.07, 6.45) is -4.34. The lowest BCUT2D eigenvalue weighted by molar-refractivity contribution is -0.205. The molecule has 0 unspecified atom stereocenters. The average Bonchev–Trinajstić information content (AvgIpc) is 2.44. The van der Waals surface area contributed by atoms with Crippen LogP contribution in [0.25, 0.3) is 0 Å². The first kappa shape index (κ1) is 19.3. The molecule has 5 N–H and O–H groups in total. The van der Waals surface area contributed by atoms with Crippen molar-refractivity contribution in [1.82, 2.24) is 0 Å². The van der Waals surface area contributed by atoms with Crippen LogP contribution in [0.2, 0.25) is 0 Å². The molecule has 0 saturated carbocycles. The lowest BCUT2D eigenvalue weighted by atomic mass is 10.0. The van der Waals surface area contributed by atoms with Crippen molar-refractivity contribution in [3.05, 3.63) is 12.7 Å². The second-order valence-corrected chi connectivity index (χ2v) is 6.47. The maximum atomic E-state index is 10.5. The molecular formula is C10H17NO9S2. The Morgan fingerprint density at radius 2 is 1.95 bits per heavy atom. The Labute approximate surface area is 131 Å². The maximum absolute atomic E-state index is 10.5. The van der Waals surface area contributed by atoms with Gasteiger partial charge in [0.25, 0.3) is 0 Å². The predicted molar refractivity (Wildman–Crippen MR) is 76.2 cm³/mol. The van der Waals surface area contributed by atoms with Gasteiger partial charge in [-0.15, -0.1) is 6.58 Å². The van der Waals surface area contributed by atoms with Gasteiger partial charge >= 0.3 is 10.4 Å². The molecule has 22 heavy (non-hydrogen) atoms. The third-order valence-electron chi connectivity index (χ3n) is 2.65. The highest BCUT2D eigenvalue weighted by atomic mass is 32.3. The molecule has 5 atom stereocenters. The van der Waals surface area contributed by atoms with Crippen LogP contribution in [-0.2, 0) is 19.4 Å². The van der Waals surface area contributed by atoms with Crippen molar-refractivity contribution in [2.24, 2.45) is 5.16 Å². The summed E-state index contributed by atoms with van der Waals surface area (Å²) in [6.45, 7) is 2.82.